The van der Waals surface area contributed by atoms with Crippen molar-refractivity contribution in [2.75, 3.05) is 0 Å². The summed E-state index contributed by atoms with van der Waals surface area (Å²) >= 11 is 0. The van der Waals surface area contributed by atoms with Crippen LogP contribution in [0.25, 0.3) is 0 Å². The minimum atomic E-state index is 0.0793. The van der Waals surface area contributed by atoms with Crippen molar-refractivity contribution >= 4 is 5.69 Å². The van der Waals surface area contributed by atoms with Gasteiger partial charge in [-0.15, -0.1) is 5.11 Å². The molecule has 0 unspecified atom stereocenters. The van der Waals surface area contributed by atoms with E-state index in [0.29, 0.717) is 0 Å². The van der Waals surface area contributed by atoms with E-state index in [2.05, 4.69) is 62.1 Å². The molecule has 0 bridgehead atoms. The largest absolute Gasteiger partial charge is 0.267 e. The molecule has 0 amide bonds. The summed E-state index contributed by atoms with van der Waals surface area (Å²) in [6.07, 6.45) is 3.60. The fourth-order valence-electron chi connectivity index (χ4n) is 2.93. The highest BCUT2D eigenvalue weighted by Gasteiger charge is 2.41. The molecule has 0 radical (unpaired) electrons. The van der Waals surface area contributed by atoms with Gasteiger partial charge in [-0.2, -0.15) is 0 Å². The number of nitrogens with zero attached hydrogens (tertiary/aromatic N) is 3. The summed E-state index contributed by atoms with van der Waals surface area (Å²) < 4.78 is 0. The van der Waals surface area contributed by atoms with Crippen LogP contribution in [0.2, 0.25) is 0 Å². The van der Waals surface area contributed by atoms with Gasteiger partial charge in [0.2, 0.25) is 0 Å². The van der Waals surface area contributed by atoms with Crippen LogP contribution in [0.4, 0.5) is 5.69 Å². The summed E-state index contributed by atoms with van der Waals surface area (Å²) in [6.45, 7) is 11.1. The van der Waals surface area contributed by atoms with Crippen LogP contribution < -0.4 is 0 Å². The molecule has 0 aliphatic carbocycles. The molecule has 19 heavy (non-hydrogen) atoms. The molecule has 2 rings (SSSR count). The van der Waals surface area contributed by atoms with E-state index in [0.717, 1.165) is 5.69 Å². The first-order valence-corrected chi connectivity index (χ1v) is 7.10. The fourth-order valence-corrected chi connectivity index (χ4v) is 2.93. The van der Waals surface area contributed by atoms with Crippen molar-refractivity contribution in [3.05, 3.63) is 29.8 Å². The van der Waals surface area contributed by atoms with Gasteiger partial charge in [0.15, 0.2) is 0 Å². The zero-order valence-electron chi connectivity index (χ0n) is 12.8. The van der Waals surface area contributed by atoms with Crippen LogP contribution in [0.5, 0.6) is 0 Å². The van der Waals surface area contributed by atoms with E-state index in [1.807, 2.05) is 12.1 Å². The molecule has 0 spiro atoms. The van der Waals surface area contributed by atoms with Crippen molar-refractivity contribution < 1.29 is 0 Å². The monoisotopic (exact) mass is 259 g/mol. The molecule has 0 atom stereocenters. The predicted octanol–water partition coefficient (Wildman–Crippen LogP) is 5.04. The molecule has 0 saturated carbocycles. The van der Waals surface area contributed by atoms with E-state index in [1.54, 1.807) is 0 Å². The number of aryl methyl sites for hydroxylation is 1. The number of hydrogen-bond acceptors (Lipinski definition) is 2. The Morgan fingerprint density at radius 2 is 1.47 bits per heavy atom. The van der Waals surface area contributed by atoms with Crippen molar-refractivity contribution in [3.8, 4) is 0 Å². The molecule has 1 saturated heterocycles. The highest BCUT2D eigenvalue weighted by atomic mass is 15.6. The summed E-state index contributed by atoms with van der Waals surface area (Å²) in [7, 11) is 0. The molecular weight excluding hydrogens is 234 g/mol. The molecule has 104 valence electrons. The topological polar surface area (TPSA) is 28.0 Å². The van der Waals surface area contributed by atoms with E-state index < -0.39 is 0 Å². The quantitative estimate of drug-likeness (QED) is 0.684. The minimum Gasteiger partial charge on any atom is -0.267 e. The van der Waals surface area contributed by atoms with Crippen LogP contribution in [-0.2, 0) is 0 Å². The Balaban J connectivity index is 2.21. The van der Waals surface area contributed by atoms with Gasteiger partial charge in [0, 0.05) is 0 Å². The van der Waals surface area contributed by atoms with Crippen molar-refractivity contribution in [1.29, 1.82) is 0 Å². The van der Waals surface area contributed by atoms with Gasteiger partial charge in [-0.25, -0.2) is 0 Å². The Kier molecular flexibility index (Phi) is 3.66. The molecule has 1 aliphatic heterocycles. The Morgan fingerprint density at radius 1 is 0.947 bits per heavy atom. The first-order chi connectivity index (χ1) is 8.81. The third-order valence-corrected chi connectivity index (χ3v) is 4.01. The summed E-state index contributed by atoms with van der Waals surface area (Å²) in [4.78, 5) is 0. The van der Waals surface area contributed by atoms with Gasteiger partial charge in [0.05, 0.1) is 16.8 Å². The molecule has 1 aromatic carbocycles. The second kappa shape index (κ2) is 4.95. The van der Waals surface area contributed by atoms with Gasteiger partial charge in [-0.1, -0.05) is 22.9 Å². The smallest absolute Gasteiger partial charge is 0.0874 e. The first kappa shape index (κ1) is 14.0. The average molecular weight is 259 g/mol. The molecule has 0 N–H and O–H groups in total. The number of piperidine rings is 1. The van der Waals surface area contributed by atoms with Gasteiger partial charge in [0.1, 0.15) is 0 Å². The maximum atomic E-state index is 4.55. The minimum absolute atomic E-state index is 0.0793. The van der Waals surface area contributed by atoms with Gasteiger partial charge < -0.3 is 0 Å². The summed E-state index contributed by atoms with van der Waals surface area (Å²) in [6, 6.07) is 8.17. The standard InChI is InChI=1S/C16H25N3/c1-13-7-9-14(10-8-13)17-18-19-15(2,3)11-6-12-16(19,4)5/h7-10H,6,11-12H2,1-5H3. The van der Waals surface area contributed by atoms with E-state index in [9.17, 15) is 0 Å². The molecular formula is C16H25N3. The third-order valence-electron chi connectivity index (χ3n) is 4.01. The zero-order valence-corrected chi connectivity index (χ0v) is 12.8. The number of rotatable bonds is 2. The lowest BCUT2D eigenvalue weighted by atomic mass is 9.82. The summed E-state index contributed by atoms with van der Waals surface area (Å²) in [5.41, 5.74) is 2.33. The molecule has 3 heteroatoms. The Hall–Kier alpha value is -1.38. The Bertz CT molecular complexity index is 441. The summed E-state index contributed by atoms with van der Waals surface area (Å²) in [5.74, 6) is 0. The lowest BCUT2D eigenvalue weighted by Crippen LogP contribution is -2.55. The van der Waals surface area contributed by atoms with E-state index >= 15 is 0 Å². The number of benzene rings is 1. The second-order valence-corrected chi connectivity index (χ2v) is 6.82. The van der Waals surface area contributed by atoms with E-state index in [1.165, 1.54) is 24.8 Å². The van der Waals surface area contributed by atoms with Crippen LogP contribution in [-0.4, -0.2) is 16.1 Å². The van der Waals surface area contributed by atoms with Crippen LogP contribution in [0.15, 0.2) is 34.6 Å². The third kappa shape index (κ3) is 3.14. The second-order valence-electron chi connectivity index (χ2n) is 6.82. The predicted molar refractivity (Wildman–Crippen MR) is 79.5 cm³/mol. The Morgan fingerprint density at radius 3 is 2.00 bits per heavy atom. The molecule has 1 fully saturated rings. The van der Waals surface area contributed by atoms with Crippen molar-refractivity contribution in [3.63, 3.8) is 0 Å². The van der Waals surface area contributed by atoms with Crippen LogP contribution in [0.3, 0.4) is 0 Å². The van der Waals surface area contributed by atoms with Crippen molar-refractivity contribution in [2.45, 2.75) is 65.0 Å². The van der Waals surface area contributed by atoms with E-state index in [-0.39, 0.29) is 11.1 Å². The van der Waals surface area contributed by atoms with Gasteiger partial charge in [-0.05, 0) is 66.0 Å². The molecule has 3 nitrogen and oxygen atoms in total. The Labute approximate surface area is 116 Å². The van der Waals surface area contributed by atoms with Gasteiger partial charge in [0.25, 0.3) is 0 Å². The van der Waals surface area contributed by atoms with Crippen LogP contribution in [0.1, 0.15) is 52.5 Å². The normalized spacial score (nSPS) is 21.8. The lowest BCUT2D eigenvalue weighted by molar-refractivity contribution is -0.0318. The van der Waals surface area contributed by atoms with Crippen LogP contribution >= 0.6 is 0 Å². The molecule has 1 heterocycles. The maximum Gasteiger partial charge on any atom is 0.0874 e. The SMILES string of the molecule is Cc1ccc(N=NN2C(C)(C)CCCC2(C)C)cc1. The zero-order chi connectivity index (χ0) is 14.1. The lowest BCUT2D eigenvalue weighted by Gasteiger charge is -2.50. The first-order valence-electron chi connectivity index (χ1n) is 7.10. The average Bonchev–Trinajstić information content (AvgIpc) is 2.29. The van der Waals surface area contributed by atoms with E-state index in [4.69, 9.17) is 0 Å². The highest BCUT2D eigenvalue weighted by molar-refractivity contribution is 5.37. The van der Waals surface area contributed by atoms with Gasteiger partial charge >= 0.3 is 0 Å². The highest BCUT2D eigenvalue weighted by Crippen LogP contribution is 2.38. The van der Waals surface area contributed by atoms with Gasteiger partial charge in [-0.3, -0.25) is 5.01 Å². The molecule has 1 aromatic rings. The van der Waals surface area contributed by atoms with Crippen molar-refractivity contribution in [2.24, 2.45) is 10.3 Å². The fraction of sp³-hybridized carbons (Fsp3) is 0.625. The summed E-state index contributed by atoms with van der Waals surface area (Å²) in [5, 5.41) is 11.1. The van der Waals surface area contributed by atoms with Crippen molar-refractivity contribution in [1.82, 2.24) is 5.01 Å². The molecule has 0 aromatic heterocycles. The maximum absolute atomic E-state index is 4.55. The number of hydrogen-bond donors (Lipinski definition) is 0. The van der Waals surface area contributed by atoms with Crippen LogP contribution in [0, 0.1) is 6.92 Å². The molecule has 1 aliphatic rings.